The van der Waals surface area contributed by atoms with Crippen LogP contribution in [-0.4, -0.2) is 27.5 Å². The fourth-order valence-corrected chi connectivity index (χ4v) is 2.67. The van der Waals surface area contributed by atoms with Gasteiger partial charge in [0, 0.05) is 10.9 Å². The van der Waals surface area contributed by atoms with Crippen LogP contribution in [0.5, 0.6) is 5.75 Å². The van der Waals surface area contributed by atoms with E-state index < -0.39 is 5.97 Å². The van der Waals surface area contributed by atoms with Gasteiger partial charge in [-0.05, 0) is 41.9 Å². The third-order valence-electron chi connectivity index (χ3n) is 3.79. The van der Waals surface area contributed by atoms with Crippen molar-refractivity contribution in [3.8, 4) is 5.75 Å². The lowest BCUT2D eigenvalue weighted by Gasteiger charge is -2.17. The number of nitrogens with two attached hydrogens (primary N) is 1. The first kappa shape index (κ1) is 17.4. The molecule has 3 aromatic carbocycles. The van der Waals surface area contributed by atoms with Crippen molar-refractivity contribution in [2.45, 2.75) is 0 Å². The van der Waals surface area contributed by atoms with Crippen molar-refractivity contribution in [1.82, 2.24) is 0 Å². The van der Waals surface area contributed by atoms with Crippen LogP contribution in [0.25, 0.3) is 10.8 Å². The van der Waals surface area contributed by atoms with Gasteiger partial charge in [-0.1, -0.05) is 36.4 Å². The SMILES string of the molecule is NC(=S)N(N=Cc1ccc2ccccc2c1O)c1cccc(C(=O)O)c1. The zero-order valence-electron chi connectivity index (χ0n) is 13.5. The Bertz CT molecular complexity index is 1030. The van der Waals surface area contributed by atoms with Crippen LogP contribution in [0, 0.1) is 0 Å². The number of hydrogen-bond acceptors (Lipinski definition) is 4. The van der Waals surface area contributed by atoms with E-state index in [0.717, 1.165) is 5.39 Å². The van der Waals surface area contributed by atoms with Crippen molar-refractivity contribution in [2.24, 2.45) is 10.8 Å². The maximum atomic E-state index is 11.1. The number of nitrogens with zero attached hydrogens (tertiary/aromatic N) is 2. The molecule has 0 fully saturated rings. The summed E-state index contributed by atoms with van der Waals surface area (Å²) in [6.07, 6.45) is 1.42. The van der Waals surface area contributed by atoms with Crippen LogP contribution in [0.1, 0.15) is 15.9 Å². The minimum Gasteiger partial charge on any atom is -0.507 e. The number of benzene rings is 3. The molecule has 4 N–H and O–H groups in total. The van der Waals surface area contributed by atoms with E-state index in [9.17, 15) is 9.90 Å². The van der Waals surface area contributed by atoms with Gasteiger partial charge in [0.25, 0.3) is 0 Å². The molecule has 26 heavy (non-hydrogen) atoms. The molecule has 3 rings (SSSR count). The van der Waals surface area contributed by atoms with Gasteiger partial charge in [-0.2, -0.15) is 5.10 Å². The number of carbonyl (C=O) groups is 1. The number of rotatable bonds is 4. The standard InChI is InChI=1S/C19H15N3O3S/c20-19(26)22(15-6-3-5-13(10-15)18(24)25)21-11-14-9-8-12-4-1-2-7-16(12)17(14)23/h1-11,23H,(H2,20,26)(H,24,25). The zero-order valence-corrected chi connectivity index (χ0v) is 14.4. The second kappa shape index (κ2) is 7.20. The lowest BCUT2D eigenvalue weighted by Crippen LogP contribution is -2.31. The summed E-state index contributed by atoms with van der Waals surface area (Å²) in [5.74, 6) is -0.972. The van der Waals surface area contributed by atoms with Gasteiger partial charge >= 0.3 is 5.97 Å². The van der Waals surface area contributed by atoms with Crippen LogP contribution in [-0.2, 0) is 0 Å². The van der Waals surface area contributed by atoms with E-state index in [1.165, 1.54) is 23.4 Å². The molecule has 0 aliphatic rings. The number of phenols is 1. The lowest BCUT2D eigenvalue weighted by atomic mass is 10.1. The maximum Gasteiger partial charge on any atom is 0.335 e. The van der Waals surface area contributed by atoms with Crippen LogP contribution < -0.4 is 10.7 Å². The molecule has 0 saturated heterocycles. The minimum atomic E-state index is -1.06. The molecule has 0 aliphatic heterocycles. The van der Waals surface area contributed by atoms with Gasteiger partial charge < -0.3 is 15.9 Å². The van der Waals surface area contributed by atoms with Crippen LogP contribution in [0.4, 0.5) is 5.69 Å². The van der Waals surface area contributed by atoms with Gasteiger partial charge in [0.15, 0.2) is 5.11 Å². The van der Waals surface area contributed by atoms with E-state index in [0.29, 0.717) is 16.6 Å². The Labute approximate surface area is 154 Å². The highest BCUT2D eigenvalue weighted by Crippen LogP contribution is 2.27. The van der Waals surface area contributed by atoms with E-state index in [2.05, 4.69) is 5.10 Å². The number of aromatic carboxylic acids is 1. The number of carboxylic acid groups (broad SMARTS) is 1. The topological polar surface area (TPSA) is 99.1 Å². The van der Waals surface area contributed by atoms with E-state index in [1.807, 2.05) is 30.3 Å². The molecule has 0 amide bonds. The summed E-state index contributed by atoms with van der Waals surface area (Å²) >= 11 is 5.01. The predicted molar refractivity (Wildman–Crippen MR) is 106 cm³/mol. The average Bonchev–Trinajstić information content (AvgIpc) is 2.64. The largest absolute Gasteiger partial charge is 0.507 e. The van der Waals surface area contributed by atoms with Crippen LogP contribution in [0.3, 0.4) is 0 Å². The Morgan fingerprint density at radius 3 is 2.62 bits per heavy atom. The molecular formula is C19H15N3O3S. The molecule has 130 valence electrons. The summed E-state index contributed by atoms with van der Waals surface area (Å²) < 4.78 is 0. The fraction of sp³-hybridized carbons (Fsp3) is 0. The molecule has 0 spiro atoms. The van der Waals surface area contributed by atoms with Crippen molar-refractivity contribution in [3.05, 3.63) is 71.8 Å². The molecule has 0 aromatic heterocycles. The van der Waals surface area contributed by atoms with Gasteiger partial charge in [0.05, 0.1) is 17.5 Å². The number of fused-ring (bicyclic) bond motifs is 1. The van der Waals surface area contributed by atoms with Crippen LogP contribution >= 0.6 is 12.2 Å². The molecule has 3 aromatic rings. The van der Waals surface area contributed by atoms with Gasteiger partial charge in [0.1, 0.15) is 5.75 Å². The van der Waals surface area contributed by atoms with E-state index in [1.54, 1.807) is 18.2 Å². The highest BCUT2D eigenvalue weighted by molar-refractivity contribution is 7.80. The zero-order chi connectivity index (χ0) is 18.7. The van der Waals surface area contributed by atoms with Gasteiger partial charge in [-0.15, -0.1) is 0 Å². The number of hydrazone groups is 1. The lowest BCUT2D eigenvalue weighted by molar-refractivity contribution is 0.0697. The second-order valence-corrected chi connectivity index (χ2v) is 5.89. The maximum absolute atomic E-state index is 11.1. The van der Waals surface area contributed by atoms with Crippen molar-refractivity contribution < 1.29 is 15.0 Å². The molecule has 0 heterocycles. The first-order chi connectivity index (χ1) is 12.5. The summed E-state index contributed by atoms with van der Waals surface area (Å²) in [6, 6.07) is 17.1. The van der Waals surface area contributed by atoms with Gasteiger partial charge in [-0.25, -0.2) is 9.80 Å². The Morgan fingerprint density at radius 2 is 1.88 bits per heavy atom. The number of aromatic hydroxyl groups is 1. The smallest absolute Gasteiger partial charge is 0.335 e. The molecule has 0 aliphatic carbocycles. The van der Waals surface area contributed by atoms with Gasteiger partial charge in [0.2, 0.25) is 0 Å². The molecule has 0 unspecified atom stereocenters. The highest BCUT2D eigenvalue weighted by atomic mass is 32.1. The van der Waals surface area contributed by atoms with Crippen LogP contribution in [0.2, 0.25) is 0 Å². The number of phenolic OH excluding ortho intramolecular Hbond substituents is 1. The van der Waals surface area contributed by atoms with E-state index in [4.69, 9.17) is 23.1 Å². The third kappa shape index (κ3) is 3.47. The Kier molecular flexibility index (Phi) is 4.81. The normalized spacial score (nSPS) is 10.9. The third-order valence-corrected chi connectivity index (χ3v) is 3.96. The molecule has 6 nitrogen and oxygen atoms in total. The predicted octanol–water partition coefficient (Wildman–Crippen LogP) is 3.33. The highest BCUT2D eigenvalue weighted by Gasteiger charge is 2.12. The fourth-order valence-electron chi connectivity index (χ4n) is 2.52. The number of thiocarbonyl (C=S) groups is 1. The minimum absolute atomic E-state index is 0.0518. The van der Waals surface area contributed by atoms with E-state index in [-0.39, 0.29) is 16.4 Å². The first-order valence-corrected chi connectivity index (χ1v) is 8.06. The Morgan fingerprint density at radius 1 is 1.12 bits per heavy atom. The summed E-state index contributed by atoms with van der Waals surface area (Å²) in [4.78, 5) is 11.1. The molecule has 0 atom stereocenters. The van der Waals surface area contributed by atoms with Gasteiger partial charge in [-0.3, -0.25) is 0 Å². The first-order valence-electron chi connectivity index (χ1n) is 7.65. The molecule has 0 bridgehead atoms. The molecular weight excluding hydrogens is 350 g/mol. The van der Waals surface area contributed by atoms with Crippen molar-refractivity contribution >= 4 is 46.0 Å². The monoisotopic (exact) mass is 365 g/mol. The number of hydrogen-bond donors (Lipinski definition) is 3. The molecule has 0 radical (unpaired) electrons. The van der Waals surface area contributed by atoms with Crippen molar-refractivity contribution in [3.63, 3.8) is 0 Å². The summed E-state index contributed by atoms with van der Waals surface area (Å²) in [5, 5.41) is 26.6. The van der Waals surface area contributed by atoms with E-state index >= 15 is 0 Å². The quantitative estimate of drug-likeness (QED) is 0.373. The second-order valence-electron chi connectivity index (χ2n) is 5.47. The van der Waals surface area contributed by atoms with Crippen LogP contribution in [0.15, 0.2) is 65.8 Å². The molecule has 0 saturated carbocycles. The summed E-state index contributed by atoms with van der Waals surface area (Å²) in [6.45, 7) is 0. The molecule has 7 heteroatoms. The number of carboxylic acids is 1. The average molecular weight is 365 g/mol. The van der Waals surface area contributed by atoms with Crippen molar-refractivity contribution in [2.75, 3.05) is 5.01 Å². The summed E-state index contributed by atoms with van der Waals surface area (Å²) in [7, 11) is 0. The Balaban J connectivity index is 1.99. The van der Waals surface area contributed by atoms with Crippen molar-refractivity contribution in [1.29, 1.82) is 0 Å². The summed E-state index contributed by atoms with van der Waals surface area (Å²) in [5.41, 5.74) is 6.71. The number of anilines is 1. The Hall–Kier alpha value is -3.45.